The maximum absolute atomic E-state index is 12.2. The highest BCUT2D eigenvalue weighted by atomic mass is 32.1. The van der Waals surface area contributed by atoms with Crippen molar-refractivity contribution in [2.45, 2.75) is 6.04 Å². The maximum atomic E-state index is 12.2. The normalized spacial score (nSPS) is 11.5. The molecule has 0 saturated heterocycles. The summed E-state index contributed by atoms with van der Waals surface area (Å²) >= 11 is 1.28. The van der Waals surface area contributed by atoms with Gasteiger partial charge in [-0.15, -0.1) is 11.3 Å². The topological polar surface area (TPSA) is 110 Å². The van der Waals surface area contributed by atoms with E-state index in [0.29, 0.717) is 10.7 Å². The molecule has 3 aromatic rings. The standard InChI is InChI=1S/C17H15N5O2S/c18-15(23)14(12-4-2-1-3-5-12)21-16(24)22-17-20-13(10-25-17)11-6-8-19-9-7-11/h1-10,14H,(H2,18,23)(H2,20,21,22,24). The van der Waals surface area contributed by atoms with E-state index in [1.54, 1.807) is 36.7 Å². The monoisotopic (exact) mass is 353 g/mol. The smallest absolute Gasteiger partial charge is 0.321 e. The number of hydrogen-bond acceptors (Lipinski definition) is 5. The van der Waals surface area contributed by atoms with Crippen molar-refractivity contribution in [3.63, 3.8) is 0 Å². The molecule has 1 atom stereocenters. The van der Waals surface area contributed by atoms with E-state index >= 15 is 0 Å². The number of nitrogens with two attached hydrogens (primary N) is 1. The highest BCUT2D eigenvalue weighted by Crippen LogP contribution is 2.24. The molecule has 4 N–H and O–H groups in total. The summed E-state index contributed by atoms with van der Waals surface area (Å²) in [5.41, 5.74) is 7.64. The predicted molar refractivity (Wildman–Crippen MR) is 95.9 cm³/mol. The first-order valence-corrected chi connectivity index (χ1v) is 8.29. The van der Waals surface area contributed by atoms with Crippen molar-refractivity contribution < 1.29 is 9.59 Å². The number of thiazole rings is 1. The van der Waals surface area contributed by atoms with E-state index in [1.165, 1.54) is 11.3 Å². The van der Waals surface area contributed by atoms with Crippen LogP contribution < -0.4 is 16.4 Å². The highest BCUT2D eigenvalue weighted by molar-refractivity contribution is 7.14. The van der Waals surface area contributed by atoms with Gasteiger partial charge in [0.1, 0.15) is 6.04 Å². The van der Waals surface area contributed by atoms with Gasteiger partial charge in [-0.05, 0) is 17.7 Å². The third-order valence-electron chi connectivity index (χ3n) is 3.39. The zero-order valence-electron chi connectivity index (χ0n) is 13.0. The predicted octanol–water partition coefficient (Wildman–Crippen LogP) is 2.55. The SMILES string of the molecule is NC(=O)C(NC(=O)Nc1nc(-c2ccncc2)cs1)c1ccccc1. The summed E-state index contributed by atoms with van der Waals surface area (Å²) in [7, 11) is 0. The minimum absolute atomic E-state index is 0.417. The Kier molecular flexibility index (Phi) is 5.00. The Labute approximate surface area is 147 Å². The highest BCUT2D eigenvalue weighted by Gasteiger charge is 2.20. The summed E-state index contributed by atoms with van der Waals surface area (Å²) in [4.78, 5) is 32.1. The van der Waals surface area contributed by atoms with Gasteiger partial charge in [-0.25, -0.2) is 9.78 Å². The Bertz CT molecular complexity index is 867. The molecule has 0 spiro atoms. The van der Waals surface area contributed by atoms with Crippen LogP contribution in [0.1, 0.15) is 11.6 Å². The van der Waals surface area contributed by atoms with Crippen LogP contribution in [0, 0.1) is 0 Å². The second-order valence-corrected chi connectivity index (χ2v) is 5.98. The molecule has 2 heterocycles. The first-order valence-electron chi connectivity index (χ1n) is 7.41. The van der Waals surface area contributed by atoms with Crippen LogP contribution in [0.4, 0.5) is 9.93 Å². The molecular weight excluding hydrogens is 338 g/mol. The van der Waals surface area contributed by atoms with Crippen LogP contribution in [-0.2, 0) is 4.79 Å². The van der Waals surface area contributed by atoms with Gasteiger partial charge in [0.2, 0.25) is 5.91 Å². The summed E-state index contributed by atoms with van der Waals surface area (Å²) < 4.78 is 0. The van der Waals surface area contributed by atoms with Crippen molar-refractivity contribution in [3.05, 3.63) is 65.8 Å². The van der Waals surface area contributed by atoms with E-state index in [1.807, 2.05) is 23.6 Å². The Morgan fingerprint density at radius 1 is 1.08 bits per heavy atom. The van der Waals surface area contributed by atoms with Crippen molar-refractivity contribution in [2.75, 3.05) is 5.32 Å². The average molecular weight is 353 g/mol. The number of amides is 3. The number of anilines is 1. The fourth-order valence-corrected chi connectivity index (χ4v) is 2.93. The second-order valence-electron chi connectivity index (χ2n) is 5.12. The van der Waals surface area contributed by atoms with Crippen LogP contribution in [0.2, 0.25) is 0 Å². The van der Waals surface area contributed by atoms with Crippen molar-refractivity contribution in [3.8, 4) is 11.3 Å². The minimum Gasteiger partial charge on any atom is -0.368 e. The van der Waals surface area contributed by atoms with Gasteiger partial charge in [-0.2, -0.15) is 0 Å². The van der Waals surface area contributed by atoms with Crippen molar-refractivity contribution in [1.82, 2.24) is 15.3 Å². The van der Waals surface area contributed by atoms with Gasteiger partial charge in [0.15, 0.2) is 5.13 Å². The Morgan fingerprint density at radius 2 is 1.80 bits per heavy atom. The summed E-state index contributed by atoms with van der Waals surface area (Å²) in [6, 6.07) is 11.0. The molecule has 0 bridgehead atoms. The lowest BCUT2D eigenvalue weighted by Gasteiger charge is -2.15. The van der Waals surface area contributed by atoms with Gasteiger partial charge < -0.3 is 11.1 Å². The number of urea groups is 1. The number of pyridine rings is 1. The molecule has 0 fully saturated rings. The number of nitrogens with one attached hydrogen (secondary N) is 2. The Hall–Kier alpha value is -3.26. The molecular formula is C17H15N5O2S. The zero-order chi connectivity index (χ0) is 17.6. The number of benzene rings is 1. The summed E-state index contributed by atoms with van der Waals surface area (Å²) in [6.07, 6.45) is 3.34. The maximum Gasteiger partial charge on any atom is 0.321 e. The van der Waals surface area contributed by atoms with Crippen LogP contribution >= 0.6 is 11.3 Å². The van der Waals surface area contributed by atoms with Crippen LogP contribution in [0.3, 0.4) is 0 Å². The molecule has 126 valence electrons. The largest absolute Gasteiger partial charge is 0.368 e. The van der Waals surface area contributed by atoms with Crippen molar-refractivity contribution >= 4 is 28.4 Å². The average Bonchev–Trinajstić information content (AvgIpc) is 3.09. The molecule has 3 rings (SSSR count). The molecule has 0 radical (unpaired) electrons. The quantitative estimate of drug-likeness (QED) is 0.654. The molecule has 25 heavy (non-hydrogen) atoms. The van der Waals surface area contributed by atoms with E-state index < -0.39 is 18.0 Å². The molecule has 0 saturated carbocycles. The Balaban J connectivity index is 1.68. The number of aromatic nitrogens is 2. The number of carbonyl (C=O) groups is 2. The third kappa shape index (κ3) is 4.18. The molecule has 2 aromatic heterocycles. The lowest BCUT2D eigenvalue weighted by Crippen LogP contribution is -2.39. The number of primary amides is 1. The molecule has 0 aliphatic carbocycles. The molecule has 0 aliphatic heterocycles. The first-order chi connectivity index (χ1) is 12.1. The fourth-order valence-electron chi connectivity index (χ4n) is 2.21. The summed E-state index contributed by atoms with van der Waals surface area (Å²) in [6.45, 7) is 0. The van der Waals surface area contributed by atoms with Crippen molar-refractivity contribution in [2.24, 2.45) is 5.73 Å². The van der Waals surface area contributed by atoms with E-state index in [4.69, 9.17) is 5.73 Å². The van der Waals surface area contributed by atoms with Gasteiger partial charge in [0, 0.05) is 23.3 Å². The van der Waals surface area contributed by atoms with E-state index in [-0.39, 0.29) is 0 Å². The van der Waals surface area contributed by atoms with Gasteiger partial charge in [-0.1, -0.05) is 30.3 Å². The molecule has 1 unspecified atom stereocenters. The molecule has 0 aliphatic rings. The molecule has 8 heteroatoms. The number of nitrogens with zero attached hydrogens (tertiary/aromatic N) is 2. The van der Waals surface area contributed by atoms with E-state index in [9.17, 15) is 9.59 Å². The van der Waals surface area contributed by atoms with Crippen LogP contribution in [0.15, 0.2) is 60.2 Å². The minimum atomic E-state index is -0.916. The zero-order valence-corrected chi connectivity index (χ0v) is 13.9. The van der Waals surface area contributed by atoms with Gasteiger partial charge in [-0.3, -0.25) is 15.1 Å². The first kappa shape index (κ1) is 16.6. The van der Waals surface area contributed by atoms with Crippen molar-refractivity contribution in [1.29, 1.82) is 0 Å². The Morgan fingerprint density at radius 3 is 2.48 bits per heavy atom. The molecule has 7 nitrogen and oxygen atoms in total. The lowest BCUT2D eigenvalue weighted by atomic mass is 10.1. The van der Waals surface area contributed by atoms with Crippen LogP contribution in [0.5, 0.6) is 0 Å². The third-order valence-corrected chi connectivity index (χ3v) is 4.15. The lowest BCUT2D eigenvalue weighted by molar-refractivity contribution is -0.119. The number of rotatable bonds is 5. The van der Waals surface area contributed by atoms with E-state index in [2.05, 4.69) is 20.6 Å². The van der Waals surface area contributed by atoms with Gasteiger partial charge >= 0.3 is 6.03 Å². The second kappa shape index (κ2) is 7.54. The van der Waals surface area contributed by atoms with E-state index in [0.717, 1.165) is 11.3 Å². The molecule has 1 aromatic carbocycles. The summed E-state index contributed by atoms with van der Waals surface area (Å²) in [5.74, 6) is -0.641. The molecule has 3 amide bonds. The number of carbonyl (C=O) groups excluding carboxylic acids is 2. The van der Waals surface area contributed by atoms with Crippen LogP contribution in [-0.4, -0.2) is 21.9 Å². The van der Waals surface area contributed by atoms with Gasteiger partial charge in [0.25, 0.3) is 0 Å². The van der Waals surface area contributed by atoms with Crippen LogP contribution in [0.25, 0.3) is 11.3 Å². The summed E-state index contributed by atoms with van der Waals surface area (Å²) in [5, 5.41) is 7.43. The number of hydrogen-bond donors (Lipinski definition) is 3. The van der Waals surface area contributed by atoms with Gasteiger partial charge in [0.05, 0.1) is 5.69 Å². The fraction of sp³-hybridized carbons (Fsp3) is 0.0588.